The van der Waals surface area contributed by atoms with E-state index in [4.69, 9.17) is 4.74 Å². The van der Waals surface area contributed by atoms with Crippen molar-refractivity contribution in [2.24, 2.45) is 5.92 Å². The molecule has 1 atom stereocenters. The highest BCUT2D eigenvalue weighted by Gasteiger charge is 2.34. The van der Waals surface area contributed by atoms with Crippen LogP contribution in [0.2, 0.25) is 0 Å². The van der Waals surface area contributed by atoms with Crippen LogP contribution in [0.1, 0.15) is 29.9 Å². The molecule has 5 nitrogen and oxygen atoms in total. The molecule has 27 heavy (non-hydrogen) atoms. The molecule has 0 radical (unpaired) electrons. The summed E-state index contributed by atoms with van der Waals surface area (Å²) in [4.78, 5) is 39.2. The molecule has 1 aliphatic heterocycles. The fourth-order valence-corrected chi connectivity index (χ4v) is 3.54. The summed E-state index contributed by atoms with van der Waals surface area (Å²) in [7, 11) is 1.28. The highest BCUT2D eigenvalue weighted by Crippen LogP contribution is 2.28. The third-order valence-electron chi connectivity index (χ3n) is 5.01. The van der Waals surface area contributed by atoms with Gasteiger partial charge in [-0.15, -0.1) is 0 Å². The number of carbonyl (C=O) groups excluding carboxylic acids is 3. The number of benzene rings is 2. The van der Waals surface area contributed by atoms with Crippen molar-refractivity contribution < 1.29 is 19.1 Å². The van der Waals surface area contributed by atoms with Gasteiger partial charge in [0.1, 0.15) is 11.7 Å². The lowest BCUT2D eigenvalue weighted by Crippen LogP contribution is -2.36. The molecule has 1 fully saturated rings. The van der Waals surface area contributed by atoms with Gasteiger partial charge in [-0.25, -0.2) is 0 Å². The normalized spacial score (nSPS) is 17.5. The second kappa shape index (κ2) is 8.62. The Balaban J connectivity index is 1.86. The molecule has 140 valence electrons. The van der Waals surface area contributed by atoms with Gasteiger partial charge in [-0.3, -0.25) is 14.4 Å². The summed E-state index contributed by atoms with van der Waals surface area (Å²) in [5.74, 6) is -1.94. The van der Waals surface area contributed by atoms with Crippen molar-refractivity contribution in [3.8, 4) is 0 Å². The number of likely N-dealkylation sites (tertiary alicyclic amines) is 1. The van der Waals surface area contributed by atoms with Crippen molar-refractivity contribution in [3.05, 3.63) is 71.8 Å². The first-order valence-electron chi connectivity index (χ1n) is 9.11. The van der Waals surface area contributed by atoms with E-state index < -0.39 is 17.8 Å². The smallest absolute Gasteiger partial charge is 0.316 e. The topological polar surface area (TPSA) is 63.7 Å². The van der Waals surface area contributed by atoms with Crippen LogP contribution in [0, 0.1) is 5.92 Å². The Morgan fingerprint density at radius 1 is 0.963 bits per heavy atom. The van der Waals surface area contributed by atoms with Crippen LogP contribution in [-0.2, 0) is 19.1 Å². The predicted octanol–water partition coefficient (Wildman–Crippen LogP) is 2.80. The number of Topliss-reactive ketones (excluding diaryl/α,β-unsaturated/α-hetero) is 1. The van der Waals surface area contributed by atoms with Crippen molar-refractivity contribution in [1.82, 2.24) is 4.90 Å². The lowest BCUT2D eigenvalue weighted by Gasteiger charge is -2.26. The molecule has 1 saturated heterocycles. The van der Waals surface area contributed by atoms with E-state index in [-0.39, 0.29) is 18.1 Å². The van der Waals surface area contributed by atoms with Crippen molar-refractivity contribution >= 4 is 17.7 Å². The van der Waals surface area contributed by atoms with Gasteiger partial charge in [0.25, 0.3) is 0 Å². The van der Waals surface area contributed by atoms with Crippen LogP contribution < -0.4 is 0 Å². The van der Waals surface area contributed by atoms with Crippen LogP contribution in [0.5, 0.6) is 0 Å². The van der Waals surface area contributed by atoms with Crippen molar-refractivity contribution in [3.63, 3.8) is 0 Å². The van der Waals surface area contributed by atoms with Gasteiger partial charge in [-0.2, -0.15) is 0 Å². The summed E-state index contributed by atoms with van der Waals surface area (Å²) >= 11 is 0. The summed E-state index contributed by atoms with van der Waals surface area (Å²) in [6.45, 7) is 0.682. The molecule has 0 bridgehead atoms. The molecule has 2 aromatic rings. The standard InChI is InChI=1S/C22H23NO4/c1-27-22(26)18-12-14-23(15-13-19(18)24)21(25)20(16-8-4-2-5-9-16)17-10-6-3-7-11-17/h2-11,18,20H,12-15H2,1H3. The summed E-state index contributed by atoms with van der Waals surface area (Å²) in [6, 6.07) is 19.3. The predicted molar refractivity (Wildman–Crippen MR) is 101 cm³/mol. The van der Waals surface area contributed by atoms with Crippen LogP contribution >= 0.6 is 0 Å². The number of ether oxygens (including phenoxy) is 1. The molecule has 5 heteroatoms. The second-order valence-corrected chi connectivity index (χ2v) is 6.66. The average molecular weight is 365 g/mol. The third-order valence-corrected chi connectivity index (χ3v) is 5.01. The zero-order valence-corrected chi connectivity index (χ0v) is 15.3. The minimum Gasteiger partial charge on any atom is -0.468 e. The summed E-state index contributed by atoms with van der Waals surface area (Å²) < 4.78 is 4.73. The number of hydrogen-bond donors (Lipinski definition) is 0. The minimum atomic E-state index is -0.778. The van der Waals surface area contributed by atoms with Gasteiger partial charge in [-0.05, 0) is 17.5 Å². The summed E-state index contributed by atoms with van der Waals surface area (Å²) in [6.07, 6.45) is 0.468. The van der Waals surface area contributed by atoms with Gasteiger partial charge in [0, 0.05) is 19.5 Å². The maximum absolute atomic E-state index is 13.4. The Kier molecular flexibility index (Phi) is 6.01. The molecule has 1 aliphatic rings. The second-order valence-electron chi connectivity index (χ2n) is 6.66. The van der Waals surface area contributed by atoms with E-state index >= 15 is 0 Å². The first kappa shape index (κ1) is 18.8. The number of hydrogen-bond acceptors (Lipinski definition) is 4. The van der Waals surface area contributed by atoms with E-state index in [1.165, 1.54) is 7.11 Å². The molecule has 2 aromatic carbocycles. The molecule has 0 aliphatic carbocycles. The van der Waals surface area contributed by atoms with Crippen LogP contribution in [0.25, 0.3) is 0 Å². The van der Waals surface area contributed by atoms with E-state index in [9.17, 15) is 14.4 Å². The SMILES string of the molecule is COC(=O)C1CCN(C(=O)C(c2ccccc2)c2ccccc2)CCC1=O. The highest BCUT2D eigenvalue weighted by molar-refractivity contribution is 5.99. The molecule has 0 aromatic heterocycles. The molecular formula is C22H23NO4. The van der Waals surface area contributed by atoms with E-state index in [0.717, 1.165) is 11.1 Å². The van der Waals surface area contributed by atoms with Crippen LogP contribution in [0.15, 0.2) is 60.7 Å². The number of methoxy groups -OCH3 is 1. The molecule has 0 saturated carbocycles. The maximum atomic E-state index is 13.4. The third kappa shape index (κ3) is 4.25. The first-order chi connectivity index (χ1) is 13.1. The Hall–Kier alpha value is -2.95. The van der Waals surface area contributed by atoms with E-state index in [2.05, 4.69) is 0 Å². The number of ketones is 1. The molecule has 1 amide bonds. The van der Waals surface area contributed by atoms with E-state index in [1.54, 1.807) is 4.90 Å². The Bertz CT molecular complexity index is 764. The zero-order chi connectivity index (χ0) is 19.2. The van der Waals surface area contributed by atoms with Crippen LogP contribution in [0.3, 0.4) is 0 Å². The highest BCUT2D eigenvalue weighted by atomic mass is 16.5. The Morgan fingerprint density at radius 3 is 2.04 bits per heavy atom. The molecule has 0 spiro atoms. The minimum absolute atomic E-state index is 0.0503. The summed E-state index contributed by atoms with van der Waals surface area (Å²) in [5.41, 5.74) is 1.82. The van der Waals surface area contributed by atoms with E-state index in [1.807, 2.05) is 60.7 Å². The zero-order valence-electron chi connectivity index (χ0n) is 15.3. The summed E-state index contributed by atoms with van der Waals surface area (Å²) in [5, 5.41) is 0. The lowest BCUT2D eigenvalue weighted by molar-refractivity contribution is -0.149. The number of amides is 1. The molecular weight excluding hydrogens is 342 g/mol. The molecule has 1 unspecified atom stereocenters. The number of esters is 1. The van der Waals surface area contributed by atoms with E-state index in [0.29, 0.717) is 19.5 Å². The number of carbonyl (C=O) groups is 3. The van der Waals surface area contributed by atoms with Crippen LogP contribution in [-0.4, -0.2) is 42.8 Å². The van der Waals surface area contributed by atoms with Gasteiger partial charge >= 0.3 is 5.97 Å². The molecule has 0 N–H and O–H groups in total. The first-order valence-corrected chi connectivity index (χ1v) is 9.11. The van der Waals surface area contributed by atoms with Crippen molar-refractivity contribution in [2.45, 2.75) is 18.8 Å². The molecule has 3 rings (SSSR count). The van der Waals surface area contributed by atoms with Gasteiger partial charge < -0.3 is 9.64 Å². The lowest BCUT2D eigenvalue weighted by atomic mass is 9.90. The van der Waals surface area contributed by atoms with Crippen LogP contribution in [0.4, 0.5) is 0 Å². The van der Waals surface area contributed by atoms with Crippen molar-refractivity contribution in [1.29, 1.82) is 0 Å². The van der Waals surface area contributed by atoms with Gasteiger partial charge in [-0.1, -0.05) is 60.7 Å². The fraction of sp³-hybridized carbons (Fsp3) is 0.318. The Morgan fingerprint density at radius 2 is 1.52 bits per heavy atom. The van der Waals surface area contributed by atoms with Gasteiger partial charge in [0.15, 0.2) is 0 Å². The fourth-order valence-electron chi connectivity index (χ4n) is 3.54. The monoisotopic (exact) mass is 365 g/mol. The number of nitrogens with zero attached hydrogens (tertiary/aromatic N) is 1. The quantitative estimate of drug-likeness (QED) is 0.617. The number of rotatable bonds is 4. The van der Waals surface area contributed by atoms with Crippen molar-refractivity contribution in [2.75, 3.05) is 20.2 Å². The molecule has 1 heterocycles. The van der Waals surface area contributed by atoms with Gasteiger partial charge in [0.05, 0.1) is 13.0 Å². The Labute approximate surface area is 158 Å². The average Bonchev–Trinajstić information content (AvgIpc) is 2.91. The van der Waals surface area contributed by atoms with Gasteiger partial charge in [0.2, 0.25) is 5.91 Å². The largest absolute Gasteiger partial charge is 0.468 e. The maximum Gasteiger partial charge on any atom is 0.316 e.